The number of urea groups is 1. The highest BCUT2D eigenvalue weighted by atomic mass is 16.4. The van der Waals surface area contributed by atoms with Crippen molar-refractivity contribution in [3.05, 3.63) is 0 Å². The fraction of sp³-hybridized carbons (Fsp3) is 0.833. The first-order valence-electron chi connectivity index (χ1n) is 6.11. The maximum Gasteiger partial charge on any atom is 0.323 e. The minimum atomic E-state index is -0.972. The SMILES string of the molecule is CCCN(CC(=O)O)C(=O)NCC1CC1(C)C. The van der Waals surface area contributed by atoms with Crippen molar-refractivity contribution in [1.29, 1.82) is 0 Å². The third-order valence-corrected chi connectivity index (χ3v) is 3.32. The fourth-order valence-corrected chi connectivity index (χ4v) is 1.93. The molecule has 0 aromatic rings. The quantitative estimate of drug-likeness (QED) is 0.742. The van der Waals surface area contributed by atoms with Gasteiger partial charge in [-0.15, -0.1) is 0 Å². The summed E-state index contributed by atoms with van der Waals surface area (Å²) in [7, 11) is 0. The molecule has 0 spiro atoms. The molecule has 1 rings (SSSR count). The zero-order valence-corrected chi connectivity index (χ0v) is 10.8. The van der Waals surface area contributed by atoms with Crippen molar-refractivity contribution in [2.45, 2.75) is 33.6 Å². The summed E-state index contributed by atoms with van der Waals surface area (Å²) < 4.78 is 0. The molecule has 1 atom stereocenters. The third-order valence-electron chi connectivity index (χ3n) is 3.32. The van der Waals surface area contributed by atoms with Gasteiger partial charge in [0.25, 0.3) is 0 Å². The van der Waals surface area contributed by atoms with Gasteiger partial charge in [-0.2, -0.15) is 0 Å². The Hall–Kier alpha value is -1.26. The van der Waals surface area contributed by atoms with Gasteiger partial charge in [-0.25, -0.2) is 4.79 Å². The van der Waals surface area contributed by atoms with Crippen molar-refractivity contribution in [3.63, 3.8) is 0 Å². The lowest BCUT2D eigenvalue weighted by Crippen LogP contribution is -2.43. The molecule has 0 aromatic heterocycles. The summed E-state index contributed by atoms with van der Waals surface area (Å²) in [6.07, 6.45) is 1.88. The van der Waals surface area contributed by atoms with Crippen LogP contribution in [0.2, 0.25) is 0 Å². The van der Waals surface area contributed by atoms with Crippen LogP contribution in [0.25, 0.3) is 0 Å². The Balaban J connectivity index is 2.34. The third kappa shape index (κ3) is 4.24. The van der Waals surface area contributed by atoms with E-state index in [-0.39, 0.29) is 12.6 Å². The van der Waals surface area contributed by atoms with Crippen LogP contribution >= 0.6 is 0 Å². The lowest BCUT2D eigenvalue weighted by Gasteiger charge is -2.20. The molecular weight excluding hydrogens is 220 g/mol. The van der Waals surface area contributed by atoms with E-state index in [4.69, 9.17) is 5.11 Å². The fourth-order valence-electron chi connectivity index (χ4n) is 1.93. The van der Waals surface area contributed by atoms with Crippen molar-refractivity contribution >= 4 is 12.0 Å². The number of amides is 2. The van der Waals surface area contributed by atoms with E-state index in [1.165, 1.54) is 4.90 Å². The zero-order chi connectivity index (χ0) is 13.1. The van der Waals surface area contributed by atoms with Gasteiger partial charge in [0.15, 0.2) is 0 Å². The van der Waals surface area contributed by atoms with E-state index in [2.05, 4.69) is 19.2 Å². The van der Waals surface area contributed by atoms with Gasteiger partial charge in [-0.1, -0.05) is 20.8 Å². The minimum absolute atomic E-state index is 0.228. The maximum atomic E-state index is 11.8. The zero-order valence-electron chi connectivity index (χ0n) is 10.8. The van der Waals surface area contributed by atoms with Crippen molar-refractivity contribution in [3.8, 4) is 0 Å². The number of carbonyl (C=O) groups excluding carboxylic acids is 1. The number of hydrogen-bond acceptors (Lipinski definition) is 2. The molecular formula is C12H22N2O3. The number of nitrogens with zero attached hydrogens (tertiary/aromatic N) is 1. The molecule has 5 nitrogen and oxygen atoms in total. The lowest BCUT2D eigenvalue weighted by molar-refractivity contribution is -0.137. The van der Waals surface area contributed by atoms with Crippen LogP contribution in [0.5, 0.6) is 0 Å². The molecule has 0 radical (unpaired) electrons. The van der Waals surface area contributed by atoms with Gasteiger partial charge in [-0.3, -0.25) is 4.79 Å². The predicted octanol–water partition coefficient (Wildman–Crippen LogP) is 1.54. The Bertz CT molecular complexity index is 302. The number of carboxylic acid groups (broad SMARTS) is 1. The first kappa shape index (κ1) is 13.8. The number of carbonyl (C=O) groups is 2. The summed E-state index contributed by atoms with van der Waals surface area (Å²) >= 11 is 0. The van der Waals surface area contributed by atoms with Crippen molar-refractivity contribution in [1.82, 2.24) is 10.2 Å². The van der Waals surface area contributed by atoms with E-state index >= 15 is 0 Å². The topological polar surface area (TPSA) is 69.6 Å². The summed E-state index contributed by atoms with van der Waals surface area (Å²) in [5.74, 6) is -0.444. The molecule has 0 aliphatic heterocycles. The van der Waals surface area contributed by atoms with Crippen LogP contribution in [0.3, 0.4) is 0 Å². The monoisotopic (exact) mass is 242 g/mol. The van der Waals surface area contributed by atoms with E-state index in [0.717, 1.165) is 12.8 Å². The summed E-state index contributed by atoms with van der Waals surface area (Å²) in [6, 6.07) is -0.267. The molecule has 2 amide bonds. The first-order chi connectivity index (χ1) is 7.86. The molecule has 0 bridgehead atoms. The second-order valence-electron chi connectivity index (χ2n) is 5.39. The first-order valence-corrected chi connectivity index (χ1v) is 6.11. The van der Waals surface area contributed by atoms with E-state index in [0.29, 0.717) is 24.4 Å². The highest BCUT2D eigenvalue weighted by Gasteiger charge is 2.45. The van der Waals surface area contributed by atoms with Crippen LogP contribution in [0.1, 0.15) is 33.6 Å². The molecule has 0 heterocycles. The Morgan fingerprint density at radius 2 is 2.06 bits per heavy atom. The number of carboxylic acids is 1. The standard InChI is InChI=1S/C12H22N2O3/c1-4-5-14(8-10(15)16)11(17)13-7-9-6-12(9,2)3/h9H,4-8H2,1-3H3,(H,13,17)(H,15,16). The van der Waals surface area contributed by atoms with E-state index in [1.807, 2.05) is 6.92 Å². The smallest absolute Gasteiger partial charge is 0.323 e. The van der Waals surface area contributed by atoms with Gasteiger partial charge < -0.3 is 15.3 Å². The second-order valence-corrected chi connectivity index (χ2v) is 5.39. The predicted molar refractivity (Wildman–Crippen MR) is 64.8 cm³/mol. The van der Waals surface area contributed by atoms with Gasteiger partial charge in [0.1, 0.15) is 6.54 Å². The van der Waals surface area contributed by atoms with Gasteiger partial charge >= 0.3 is 12.0 Å². The highest BCUT2D eigenvalue weighted by Crippen LogP contribution is 2.50. The molecule has 2 N–H and O–H groups in total. The van der Waals surface area contributed by atoms with Crippen LogP contribution in [0, 0.1) is 11.3 Å². The molecule has 1 saturated carbocycles. The van der Waals surface area contributed by atoms with Crippen LogP contribution in [0.4, 0.5) is 4.79 Å². The van der Waals surface area contributed by atoms with Crippen molar-refractivity contribution in [2.24, 2.45) is 11.3 Å². The highest BCUT2D eigenvalue weighted by molar-refractivity contribution is 5.80. The van der Waals surface area contributed by atoms with E-state index < -0.39 is 5.97 Å². The molecule has 0 aromatic carbocycles. The van der Waals surface area contributed by atoms with Crippen LogP contribution in [-0.2, 0) is 4.79 Å². The molecule has 0 saturated heterocycles. The number of nitrogens with one attached hydrogen (secondary N) is 1. The maximum absolute atomic E-state index is 11.8. The molecule has 5 heteroatoms. The second kappa shape index (κ2) is 5.38. The Kier molecular flexibility index (Phi) is 4.37. The molecule has 1 aliphatic rings. The summed E-state index contributed by atoms with van der Waals surface area (Å²) in [5.41, 5.74) is 0.329. The van der Waals surface area contributed by atoms with Crippen molar-refractivity contribution < 1.29 is 14.7 Å². The average Bonchev–Trinajstić information content (AvgIpc) is 2.82. The van der Waals surface area contributed by atoms with Gasteiger partial charge in [0.2, 0.25) is 0 Å². The van der Waals surface area contributed by atoms with Gasteiger partial charge in [0.05, 0.1) is 0 Å². The number of rotatable bonds is 6. The van der Waals surface area contributed by atoms with Crippen LogP contribution in [-0.4, -0.2) is 41.6 Å². The molecule has 1 fully saturated rings. The van der Waals surface area contributed by atoms with Crippen LogP contribution < -0.4 is 5.32 Å². The molecule has 98 valence electrons. The summed E-state index contributed by atoms with van der Waals surface area (Å²) in [5, 5.41) is 11.5. The normalized spacial score (nSPS) is 20.8. The number of hydrogen-bond donors (Lipinski definition) is 2. The molecule has 17 heavy (non-hydrogen) atoms. The molecule has 1 unspecified atom stereocenters. The van der Waals surface area contributed by atoms with Crippen molar-refractivity contribution in [2.75, 3.05) is 19.6 Å². The summed E-state index contributed by atoms with van der Waals surface area (Å²) in [4.78, 5) is 23.7. The molecule has 1 aliphatic carbocycles. The van der Waals surface area contributed by atoms with Gasteiger partial charge in [0, 0.05) is 13.1 Å². The lowest BCUT2D eigenvalue weighted by atomic mass is 10.1. The van der Waals surface area contributed by atoms with E-state index in [9.17, 15) is 9.59 Å². The average molecular weight is 242 g/mol. The van der Waals surface area contributed by atoms with Gasteiger partial charge in [-0.05, 0) is 24.2 Å². The van der Waals surface area contributed by atoms with E-state index in [1.54, 1.807) is 0 Å². The Labute approximate surface area is 102 Å². The number of aliphatic carboxylic acids is 1. The Morgan fingerprint density at radius 1 is 1.47 bits per heavy atom. The largest absolute Gasteiger partial charge is 0.480 e. The van der Waals surface area contributed by atoms with Crippen LogP contribution in [0.15, 0.2) is 0 Å². The minimum Gasteiger partial charge on any atom is -0.480 e. The Morgan fingerprint density at radius 3 is 2.47 bits per heavy atom. The summed E-state index contributed by atoms with van der Waals surface area (Å²) in [6.45, 7) is 7.16.